The molecule has 3 heteroatoms. The smallest absolute Gasteiger partial charge is 0.337 e. The molecule has 0 fully saturated rings. The van der Waals surface area contributed by atoms with E-state index < -0.39 is 5.97 Å². The van der Waals surface area contributed by atoms with E-state index in [1.54, 1.807) is 6.07 Å². The van der Waals surface area contributed by atoms with Crippen LogP contribution in [-0.4, -0.2) is 17.6 Å². The van der Waals surface area contributed by atoms with Crippen LogP contribution in [0.4, 0.5) is 5.69 Å². The lowest BCUT2D eigenvalue weighted by molar-refractivity contribution is 0.0697. The molecule has 1 aliphatic rings. The molecule has 0 atom stereocenters. The average Bonchev–Trinajstić information content (AvgIpc) is 2.16. The molecule has 2 rings (SSSR count). The van der Waals surface area contributed by atoms with Crippen LogP contribution in [0.5, 0.6) is 0 Å². The minimum absolute atomic E-state index is 0.0616. The maximum Gasteiger partial charge on any atom is 0.337 e. The fourth-order valence-electron chi connectivity index (χ4n) is 2.12. The molecular formula is C12H15NO2. The maximum absolute atomic E-state index is 11.0. The molecule has 0 bridgehead atoms. The number of aromatic carboxylic acids is 1. The molecule has 15 heavy (non-hydrogen) atoms. The SMILES string of the molecule is CC1(C)CCNc2c(C(=O)O)cccc21. The Morgan fingerprint density at radius 2 is 2.20 bits per heavy atom. The number of para-hydroxylation sites is 1. The van der Waals surface area contributed by atoms with Gasteiger partial charge in [0.15, 0.2) is 0 Å². The van der Waals surface area contributed by atoms with Crippen molar-refractivity contribution in [1.29, 1.82) is 0 Å². The number of hydrogen-bond acceptors (Lipinski definition) is 2. The Kier molecular flexibility index (Phi) is 2.18. The zero-order valence-corrected chi connectivity index (χ0v) is 9.00. The van der Waals surface area contributed by atoms with Crippen molar-refractivity contribution in [2.24, 2.45) is 0 Å². The van der Waals surface area contributed by atoms with E-state index in [9.17, 15) is 4.79 Å². The summed E-state index contributed by atoms with van der Waals surface area (Å²) in [5.41, 5.74) is 2.33. The summed E-state index contributed by atoms with van der Waals surface area (Å²) in [6.45, 7) is 5.14. The standard InChI is InChI=1S/C12H15NO2/c1-12(2)6-7-13-10-8(11(14)15)4-3-5-9(10)12/h3-5,13H,6-7H2,1-2H3,(H,14,15). The first-order valence-electron chi connectivity index (χ1n) is 5.13. The molecule has 0 saturated carbocycles. The molecule has 0 amide bonds. The number of benzene rings is 1. The molecule has 0 aromatic heterocycles. The predicted octanol–water partition coefficient (Wildman–Crippen LogP) is 2.48. The summed E-state index contributed by atoms with van der Waals surface area (Å²) in [5, 5.41) is 12.3. The Bertz CT molecular complexity index is 410. The maximum atomic E-state index is 11.0. The lowest BCUT2D eigenvalue weighted by atomic mass is 9.77. The number of rotatable bonds is 1. The summed E-state index contributed by atoms with van der Waals surface area (Å²) in [4.78, 5) is 11.0. The number of carboxylic acids is 1. The summed E-state index contributed by atoms with van der Waals surface area (Å²) < 4.78 is 0. The summed E-state index contributed by atoms with van der Waals surface area (Å²) in [6.07, 6.45) is 1.03. The van der Waals surface area contributed by atoms with E-state index in [0.717, 1.165) is 24.2 Å². The number of hydrogen-bond donors (Lipinski definition) is 2. The summed E-state index contributed by atoms with van der Waals surface area (Å²) in [6, 6.07) is 5.47. The van der Waals surface area contributed by atoms with Crippen LogP contribution in [0, 0.1) is 0 Å². The molecule has 0 unspecified atom stereocenters. The third-order valence-corrected chi connectivity index (χ3v) is 3.08. The third-order valence-electron chi connectivity index (χ3n) is 3.08. The van der Waals surface area contributed by atoms with Crippen molar-refractivity contribution in [2.45, 2.75) is 25.7 Å². The fourth-order valence-corrected chi connectivity index (χ4v) is 2.12. The van der Waals surface area contributed by atoms with E-state index in [2.05, 4.69) is 19.2 Å². The second-order valence-electron chi connectivity index (χ2n) is 4.59. The first-order chi connectivity index (χ1) is 7.02. The normalized spacial score (nSPS) is 17.7. The summed E-state index contributed by atoms with van der Waals surface area (Å²) in [7, 11) is 0. The molecule has 3 nitrogen and oxygen atoms in total. The minimum atomic E-state index is -0.864. The van der Waals surface area contributed by atoms with E-state index in [-0.39, 0.29) is 5.41 Å². The lowest BCUT2D eigenvalue weighted by Gasteiger charge is -2.33. The lowest BCUT2D eigenvalue weighted by Crippen LogP contribution is -2.29. The van der Waals surface area contributed by atoms with E-state index in [1.807, 2.05) is 12.1 Å². The molecule has 0 saturated heterocycles. The highest BCUT2D eigenvalue weighted by atomic mass is 16.4. The van der Waals surface area contributed by atoms with E-state index in [4.69, 9.17) is 5.11 Å². The second kappa shape index (κ2) is 3.26. The van der Waals surface area contributed by atoms with Crippen molar-refractivity contribution in [3.05, 3.63) is 29.3 Å². The molecule has 2 N–H and O–H groups in total. The zero-order chi connectivity index (χ0) is 11.1. The van der Waals surface area contributed by atoms with Crippen LogP contribution in [0.25, 0.3) is 0 Å². The van der Waals surface area contributed by atoms with Crippen LogP contribution in [0.15, 0.2) is 18.2 Å². The number of nitrogens with one attached hydrogen (secondary N) is 1. The molecular weight excluding hydrogens is 190 g/mol. The molecule has 80 valence electrons. The first kappa shape index (κ1) is 10.0. The van der Waals surface area contributed by atoms with Gasteiger partial charge in [0, 0.05) is 6.54 Å². The van der Waals surface area contributed by atoms with Gasteiger partial charge >= 0.3 is 5.97 Å². The van der Waals surface area contributed by atoms with Crippen molar-refractivity contribution < 1.29 is 9.90 Å². The topological polar surface area (TPSA) is 49.3 Å². The van der Waals surface area contributed by atoms with E-state index in [1.165, 1.54) is 0 Å². The van der Waals surface area contributed by atoms with Gasteiger partial charge in [0.05, 0.1) is 11.3 Å². The number of fused-ring (bicyclic) bond motifs is 1. The Labute approximate surface area is 89.1 Å². The molecule has 1 aromatic carbocycles. The van der Waals surface area contributed by atoms with Gasteiger partial charge in [-0.15, -0.1) is 0 Å². The van der Waals surface area contributed by atoms with Crippen molar-refractivity contribution in [2.75, 3.05) is 11.9 Å². The largest absolute Gasteiger partial charge is 0.478 e. The quantitative estimate of drug-likeness (QED) is 0.740. The van der Waals surface area contributed by atoms with Crippen LogP contribution in [0.2, 0.25) is 0 Å². The highest BCUT2D eigenvalue weighted by Gasteiger charge is 2.29. The Morgan fingerprint density at radius 1 is 1.47 bits per heavy atom. The fraction of sp³-hybridized carbons (Fsp3) is 0.417. The first-order valence-corrected chi connectivity index (χ1v) is 5.13. The van der Waals surface area contributed by atoms with E-state index in [0.29, 0.717) is 5.56 Å². The van der Waals surface area contributed by atoms with Crippen molar-refractivity contribution in [1.82, 2.24) is 0 Å². The van der Waals surface area contributed by atoms with Crippen LogP contribution in [0.3, 0.4) is 0 Å². The molecule has 0 radical (unpaired) electrons. The Hall–Kier alpha value is -1.51. The van der Waals surface area contributed by atoms with Gasteiger partial charge < -0.3 is 10.4 Å². The van der Waals surface area contributed by atoms with Gasteiger partial charge in [-0.3, -0.25) is 0 Å². The highest BCUT2D eigenvalue weighted by Crippen LogP contribution is 2.38. The average molecular weight is 205 g/mol. The van der Waals surface area contributed by atoms with Crippen molar-refractivity contribution >= 4 is 11.7 Å². The summed E-state index contributed by atoms with van der Waals surface area (Å²) in [5.74, 6) is -0.864. The Balaban J connectivity index is 2.61. The highest BCUT2D eigenvalue weighted by molar-refractivity contribution is 5.95. The van der Waals surface area contributed by atoms with Gasteiger partial charge in [-0.25, -0.2) is 4.79 Å². The summed E-state index contributed by atoms with van der Waals surface area (Å²) >= 11 is 0. The number of carboxylic acid groups (broad SMARTS) is 1. The second-order valence-corrected chi connectivity index (χ2v) is 4.59. The van der Waals surface area contributed by atoms with Gasteiger partial charge in [0.1, 0.15) is 0 Å². The van der Waals surface area contributed by atoms with Gasteiger partial charge in [0.2, 0.25) is 0 Å². The van der Waals surface area contributed by atoms with Crippen molar-refractivity contribution in [3.8, 4) is 0 Å². The van der Waals surface area contributed by atoms with Crippen LogP contribution in [0.1, 0.15) is 36.2 Å². The zero-order valence-electron chi connectivity index (χ0n) is 9.00. The Morgan fingerprint density at radius 3 is 2.87 bits per heavy atom. The van der Waals surface area contributed by atoms with Gasteiger partial charge in [-0.1, -0.05) is 26.0 Å². The van der Waals surface area contributed by atoms with Crippen molar-refractivity contribution in [3.63, 3.8) is 0 Å². The number of anilines is 1. The van der Waals surface area contributed by atoms with E-state index >= 15 is 0 Å². The van der Waals surface area contributed by atoms with Crippen LogP contribution >= 0.6 is 0 Å². The monoisotopic (exact) mass is 205 g/mol. The van der Waals surface area contributed by atoms with Gasteiger partial charge in [0.25, 0.3) is 0 Å². The predicted molar refractivity (Wildman–Crippen MR) is 59.5 cm³/mol. The molecule has 1 aromatic rings. The minimum Gasteiger partial charge on any atom is -0.478 e. The molecule has 0 spiro atoms. The number of carbonyl (C=O) groups is 1. The van der Waals surface area contributed by atoms with Gasteiger partial charge in [-0.2, -0.15) is 0 Å². The molecule has 0 aliphatic carbocycles. The van der Waals surface area contributed by atoms with Crippen LogP contribution < -0.4 is 5.32 Å². The molecule has 1 aliphatic heterocycles. The third kappa shape index (κ3) is 1.58. The molecule has 1 heterocycles. The van der Waals surface area contributed by atoms with Gasteiger partial charge in [-0.05, 0) is 23.5 Å². The van der Waals surface area contributed by atoms with Crippen LogP contribution in [-0.2, 0) is 5.41 Å².